The molecule has 24 heavy (non-hydrogen) atoms. The van der Waals surface area contributed by atoms with Gasteiger partial charge < -0.3 is 15.5 Å². The first-order valence-corrected chi connectivity index (χ1v) is 7.47. The van der Waals surface area contributed by atoms with Gasteiger partial charge in [-0.2, -0.15) is 0 Å². The largest absolute Gasteiger partial charge is 0.465 e. The van der Waals surface area contributed by atoms with Gasteiger partial charge in [0, 0.05) is 0 Å². The number of rotatable bonds is 4. The van der Waals surface area contributed by atoms with E-state index in [2.05, 4.69) is 5.32 Å². The maximum Gasteiger partial charge on any atom is 0.405 e. The second kappa shape index (κ2) is 6.68. The number of aliphatic hydroxyl groups excluding tert-OH is 1. The van der Waals surface area contributed by atoms with Crippen LogP contribution in [0.3, 0.4) is 0 Å². The average molecular weight is 325 g/mol. The Morgan fingerprint density at radius 2 is 1.62 bits per heavy atom. The Kier molecular flexibility index (Phi) is 4.44. The SMILES string of the molecule is O=C(O)NC(c1ccc(F)cc1)C(O)c1cccc2ccccc12. The van der Waals surface area contributed by atoms with Gasteiger partial charge in [-0.3, -0.25) is 0 Å². The van der Waals surface area contributed by atoms with Gasteiger partial charge in [0.05, 0.1) is 6.04 Å². The number of hydrogen-bond acceptors (Lipinski definition) is 2. The summed E-state index contributed by atoms with van der Waals surface area (Å²) in [6.45, 7) is 0. The van der Waals surface area contributed by atoms with E-state index in [0.717, 1.165) is 10.8 Å². The minimum absolute atomic E-state index is 0.424. The minimum Gasteiger partial charge on any atom is -0.465 e. The fourth-order valence-corrected chi connectivity index (χ4v) is 2.84. The molecule has 0 saturated heterocycles. The highest BCUT2D eigenvalue weighted by Crippen LogP contribution is 2.33. The number of benzene rings is 3. The average Bonchev–Trinajstić information content (AvgIpc) is 2.59. The van der Waals surface area contributed by atoms with Gasteiger partial charge in [0.25, 0.3) is 0 Å². The number of amides is 1. The second-order valence-corrected chi connectivity index (χ2v) is 5.49. The fraction of sp³-hybridized carbons (Fsp3) is 0.105. The monoisotopic (exact) mass is 325 g/mol. The lowest BCUT2D eigenvalue weighted by Crippen LogP contribution is -2.31. The van der Waals surface area contributed by atoms with Crippen molar-refractivity contribution in [3.05, 3.63) is 83.7 Å². The smallest absolute Gasteiger partial charge is 0.405 e. The van der Waals surface area contributed by atoms with Crippen LogP contribution in [0.25, 0.3) is 10.8 Å². The van der Waals surface area contributed by atoms with E-state index in [1.807, 2.05) is 36.4 Å². The van der Waals surface area contributed by atoms with E-state index in [1.54, 1.807) is 6.07 Å². The third kappa shape index (κ3) is 3.21. The molecule has 3 aromatic carbocycles. The van der Waals surface area contributed by atoms with E-state index < -0.39 is 24.1 Å². The van der Waals surface area contributed by atoms with Crippen molar-refractivity contribution >= 4 is 16.9 Å². The maximum atomic E-state index is 13.1. The molecule has 1 amide bonds. The second-order valence-electron chi connectivity index (χ2n) is 5.49. The first-order chi connectivity index (χ1) is 11.6. The molecular weight excluding hydrogens is 309 g/mol. The van der Waals surface area contributed by atoms with Gasteiger partial charge in [0.2, 0.25) is 0 Å². The molecule has 0 aliphatic carbocycles. The first-order valence-electron chi connectivity index (χ1n) is 7.47. The molecule has 0 spiro atoms. The number of fused-ring (bicyclic) bond motifs is 1. The molecule has 3 aromatic rings. The van der Waals surface area contributed by atoms with Crippen LogP contribution in [-0.2, 0) is 0 Å². The molecule has 2 unspecified atom stereocenters. The standard InChI is InChI=1S/C19H16FNO3/c20-14-10-8-13(9-11-14)17(21-19(23)24)18(22)16-7-3-5-12-4-1-2-6-15(12)16/h1-11,17-18,21-22H,(H,23,24). The van der Waals surface area contributed by atoms with Crippen LogP contribution in [0.1, 0.15) is 23.3 Å². The quantitative estimate of drug-likeness (QED) is 0.678. The summed E-state index contributed by atoms with van der Waals surface area (Å²) in [7, 11) is 0. The summed E-state index contributed by atoms with van der Waals surface area (Å²) in [6.07, 6.45) is -2.37. The molecule has 5 heteroatoms. The molecule has 4 nitrogen and oxygen atoms in total. The molecule has 2 atom stereocenters. The lowest BCUT2D eigenvalue weighted by Gasteiger charge is -2.24. The van der Waals surface area contributed by atoms with Crippen LogP contribution in [-0.4, -0.2) is 16.3 Å². The molecule has 0 aromatic heterocycles. The molecule has 0 saturated carbocycles. The summed E-state index contributed by atoms with van der Waals surface area (Å²) in [6, 6.07) is 17.5. The molecule has 3 rings (SSSR count). The van der Waals surface area contributed by atoms with E-state index in [-0.39, 0.29) is 0 Å². The number of nitrogens with one attached hydrogen (secondary N) is 1. The number of carboxylic acid groups (broad SMARTS) is 1. The van der Waals surface area contributed by atoms with Gasteiger partial charge in [-0.05, 0) is 34.0 Å². The van der Waals surface area contributed by atoms with Crippen LogP contribution < -0.4 is 5.32 Å². The Hall–Kier alpha value is -2.92. The van der Waals surface area contributed by atoms with Crippen LogP contribution in [0.15, 0.2) is 66.7 Å². The highest BCUT2D eigenvalue weighted by atomic mass is 19.1. The van der Waals surface area contributed by atoms with Crippen molar-refractivity contribution in [2.75, 3.05) is 0 Å². The summed E-state index contributed by atoms with van der Waals surface area (Å²) < 4.78 is 13.1. The predicted molar refractivity (Wildman–Crippen MR) is 89.2 cm³/mol. The van der Waals surface area contributed by atoms with E-state index >= 15 is 0 Å². The molecule has 0 aliphatic heterocycles. The normalized spacial score (nSPS) is 13.4. The van der Waals surface area contributed by atoms with Crippen molar-refractivity contribution in [3.8, 4) is 0 Å². The lowest BCUT2D eigenvalue weighted by molar-refractivity contribution is 0.121. The molecule has 0 bridgehead atoms. The molecule has 0 radical (unpaired) electrons. The first kappa shape index (κ1) is 16.0. The van der Waals surface area contributed by atoms with Gasteiger partial charge in [-0.25, -0.2) is 9.18 Å². The van der Waals surface area contributed by atoms with E-state index in [0.29, 0.717) is 11.1 Å². The van der Waals surface area contributed by atoms with Gasteiger partial charge in [0.1, 0.15) is 11.9 Å². The topological polar surface area (TPSA) is 69.6 Å². The van der Waals surface area contributed by atoms with Gasteiger partial charge >= 0.3 is 6.09 Å². The van der Waals surface area contributed by atoms with Crippen LogP contribution in [0.2, 0.25) is 0 Å². The minimum atomic E-state index is -1.26. The number of aliphatic hydroxyl groups is 1. The third-order valence-electron chi connectivity index (χ3n) is 3.97. The Morgan fingerprint density at radius 1 is 0.958 bits per heavy atom. The summed E-state index contributed by atoms with van der Waals surface area (Å²) in [5, 5.41) is 24.1. The summed E-state index contributed by atoms with van der Waals surface area (Å²) in [4.78, 5) is 11.2. The summed E-state index contributed by atoms with van der Waals surface area (Å²) in [5.74, 6) is -0.424. The lowest BCUT2D eigenvalue weighted by atomic mass is 9.92. The summed E-state index contributed by atoms with van der Waals surface area (Å²) in [5.41, 5.74) is 1.09. The Labute approximate surface area is 138 Å². The van der Waals surface area contributed by atoms with Crippen molar-refractivity contribution in [2.24, 2.45) is 0 Å². The zero-order valence-electron chi connectivity index (χ0n) is 12.7. The van der Waals surface area contributed by atoms with Crippen molar-refractivity contribution in [2.45, 2.75) is 12.1 Å². The number of hydrogen-bond donors (Lipinski definition) is 3. The van der Waals surface area contributed by atoms with Crippen molar-refractivity contribution < 1.29 is 19.4 Å². The Balaban J connectivity index is 2.06. The van der Waals surface area contributed by atoms with Gasteiger partial charge in [-0.1, -0.05) is 54.6 Å². The number of carbonyl (C=O) groups is 1. The van der Waals surface area contributed by atoms with Gasteiger partial charge in [-0.15, -0.1) is 0 Å². The van der Waals surface area contributed by atoms with Gasteiger partial charge in [0.15, 0.2) is 0 Å². The van der Waals surface area contributed by atoms with Crippen molar-refractivity contribution in [1.82, 2.24) is 5.32 Å². The molecule has 0 heterocycles. The van der Waals surface area contributed by atoms with E-state index in [1.165, 1.54) is 24.3 Å². The zero-order valence-corrected chi connectivity index (χ0v) is 12.7. The third-order valence-corrected chi connectivity index (χ3v) is 3.97. The van der Waals surface area contributed by atoms with Crippen LogP contribution >= 0.6 is 0 Å². The summed E-state index contributed by atoms with van der Waals surface area (Å²) >= 11 is 0. The van der Waals surface area contributed by atoms with Crippen molar-refractivity contribution in [1.29, 1.82) is 0 Å². The molecule has 0 aliphatic rings. The highest BCUT2D eigenvalue weighted by molar-refractivity contribution is 5.86. The van der Waals surface area contributed by atoms with E-state index in [4.69, 9.17) is 5.11 Å². The molecular formula is C19H16FNO3. The van der Waals surface area contributed by atoms with Crippen LogP contribution in [0.4, 0.5) is 9.18 Å². The molecule has 122 valence electrons. The van der Waals surface area contributed by atoms with Crippen molar-refractivity contribution in [3.63, 3.8) is 0 Å². The predicted octanol–water partition coefficient (Wildman–Crippen LogP) is 4.02. The maximum absolute atomic E-state index is 13.1. The number of halogens is 1. The Morgan fingerprint density at radius 3 is 2.33 bits per heavy atom. The van der Waals surface area contributed by atoms with E-state index in [9.17, 15) is 14.3 Å². The molecule has 0 fully saturated rings. The highest BCUT2D eigenvalue weighted by Gasteiger charge is 2.25. The Bertz CT molecular complexity index is 859. The van der Waals surface area contributed by atoms with Crippen LogP contribution in [0.5, 0.6) is 0 Å². The fourth-order valence-electron chi connectivity index (χ4n) is 2.84. The van der Waals surface area contributed by atoms with Crippen LogP contribution in [0, 0.1) is 5.82 Å². The zero-order chi connectivity index (χ0) is 17.1. The molecule has 3 N–H and O–H groups in total.